The third-order valence-electron chi connectivity index (χ3n) is 3.61. The van der Waals surface area contributed by atoms with Gasteiger partial charge in [0.25, 0.3) is 11.8 Å². The van der Waals surface area contributed by atoms with E-state index in [0.29, 0.717) is 24.2 Å². The maximum Gasteiger partial charge on any atom is 0.252 e. The van der Waals surface area contributed by atoms with Crippen LogP contribution in [-0.2, 0) is 7.05 Å². The van der Waals surface area contributed by atoms with Gasteiger partial charge in [-0.15, -0.1) is 0 Å². The van der Waals surface area contributed by atoms with Crippen LogP contribution in [0.5, 0.6) is 0 Å². The third-order valence-corrected chi connectivity index (χ3v) is 3.61. The molecule has 2 heterocycles. The highest BCUT2D eigenvalue weighted by Gasteiger charge is 2.08. The molecule has 1 aromatic carbocycles. The number of aromatic nitrogens is 3. The van der Waals surface area contributed by atoms with Crippen molar-refractivity contribution >= 4 is 22.8 Å². The number of nitrogens with zero attached hydrogens (tertiary/aromatic N) is 3. The van der Waals surface area contributed by atoms with Crippen molar-refractivity contribution < 1.29 is 9.59 Å². The Kier molecular flexibility index (Phi) is 4.51. The molecule has 0 radical (unpaired) electrons. The molecule has 2 aromatic heterocycles. The SMILES string of the molecule is Cn1cnc2cc(C(=O)NCCNC(=O)c3cccnc3)ccc21. The van der Waals surface area contributed by atoms with E-state index in [1.807, 2.05) is 17.7 Å². The second-order valence-corrected chi connectivity index (χ2v) is 5.31. The molecule has 2 amide bonds. The van der Waals surface area contributed by atoms with Crippen molar-refractivity contribution in [3.63, 3.8) is 0 Å². The van der Waals surface area contributed by atoms with Gasteiger partial charge in [0.1, 0.15) is 0 Å². The summed E-state index contributed by atoms with van der Waals surface area (Å²) >= 11 is 0. The minimum atomic E-state index is -0.216. The molecule has 7 nitrogen and oxygen atoms in total. The Morgan fingerprint density at radius 3 is 2.54 bits per heavy atom. The van der Waals surface area contributed by atoms with Crippen molar-refractivity contribution in [1.29, 1.82) is 0 Å². The summed E-state index contributed by atoms with van der Waals surface area (Å²) in [6.45, 7) is 0.677. The molecule has 0 saturated heterocycles. The molecule has 0 aliphatic carbocycles. The van der Waals surface area contributed by atoms with Gasteiger partial charge in [0.05, 0.1) is 22.9 Å². The molecule has 0 aliphatic heterocycles. The first kappa shape index (κ1) is 15.7. The summed E-state index contributed by atoms with van der Waals surface area (Å²) in [5, 5.41) is 5.50. The fourth-order valence-corrected chi connectivity index (χ4v) is 2.33. The fraction of sp³-hybridized carbons (Fsp3) is 0.176. The van der Waals surface area contributed by atoms with Gasteiger partial charge in [-0.05, 0) is 30.3 Å². The number of hydrogen-bond acceptors (Lipinski definition) is 4. The zero-order chi connectivity index (χ0) is 16.9. The highest BCUT2D eigenvalue weighted by atomic mass is 16.2. The predicted molar refractivity (Wildman–Crippen MR) is 89.6 cm³/mol. The lowest BCUT2D eigenvalue weighted by Gasteiger charge is -2.07. The maximum atomic E-state index is 12.1. The van der Waals surface area contributed by atoms with Gasteiger partial charge in [-0.1, -0.05) is 0 Å². The van der Waals surface area contributed by atoms with E-state index in [-0.39, 0.29) is 11.8 Å². The average Bonchev–Trinajstić information content (AvgIpc) is 2.99. The number of benzene rings is 1. The molecule has 0 aliphatic rings. The summed E-state index contributed by atoms with van der Waals surface area (Å²) in [4.78, 5) is 32.1. The second kappa shape index (κ2) is 6.91. The fourth-order valence-electron chi connectivity index (χ4n) is 2.33. The number of aryl methyl sites for hydroxylation is 1. The van der Waals surface area contributed by atoms with E-state index in [0.717, 1.165) is 11.0 Å². The zero-order valence-electron chi connectivity index (χ0n) is 13.2. The second-order valence-electron chi connectivity index (χ2n) is 5.31. The highest BCUT2D eigenvalue weighted by molar-refractivity contribution is 5.97. The first-order valence-corrected chi connectivity index (χ1v) is 7.52. The quantitative estimate of drug-likeness (QED) is 0.689. The molecule has 122 valence electrons. The number of hydrogen-bond donors (Lipinski definition) is 2. The van der Waals surface area contributed by atoms with E-state index < -0.39 is 0 Å². The van der Waals surface area contributed by atoms with Gasteiger partial charge in [-0.3, -0.25) is 14.6 Å². The van der Waals surface area contributed by atoms with Crippen LogP contribution in [0.15, 0.2) is 49.1 Å². The first-order valence-electron chi connectivity index (χ1n) is 7.52. The van der Waals surface area contributed by atoms with Crippen molar-refractivity contribution in [3.05, 3.63) is 60.2 Å². The molecular formula is C17H17N5O2. The van der Waals surface area contributed by atoms with E-state index in [2.05, 4.69) is 20.6 Å². The van der Waals surface area contributed by atoms with Gasteiger partial charge in [0.2, 0.25) is 0 Å². The molecule has 0 saturated carbocycles. The molecular weight excluding hydrogens is 306 g/mol. The molecule has 0 bridgehead atoms. The Labute approximate surface area is 138 Å². The van der Waals surface area contributed by atoms with Crippen LogP contribution in [0.4, 0.5) is 0 Å². The summed E-state index contributed by atoms with van der Waals surface area (Å²) in [6, 6.07) is 8.75. The summed E-state index contributed by atoms with van der Waals surface area (Å²) in [6.07, 6.45) is 4.81. The van der Waals surface area contributed by atoms with Gasteiger partial charge >= 0.3 is 0 Å². The summed E-state index contributed by atoms with van der Waals surface area (Å²) in [5.74, 6) is -0.412. The molecule has 0 atom stereocenters. The highest BCUT2D eigenvalue weighted by Crippen LogP contribution is 2.13. The van der Waals surface area contributed by atoms with Crippen molar-refractivity contribution in [3.8, 4) is 0 Å². The molecule has 24 heavy (non-hydrogen) atoms. The van der Waals surface area contributed by atoms with E-state index in [9.17, 15) is 9.59 Å². The number of rotatable bonds is 5. The van der Waals surface area contributed by atoms with Gasteiger partial charge < -0.3 is 15.2 Å². The Morgan fingerprint density at radius 1 is 1.08 bits per heavy atom. The Balaban J connectivity index is 1.51. The van der Waals surface area contributed by atoms with E-state index in [4.69, 9.17) is 0 Å². The lowest BCUT2D eigenvalue weighted by atomic mass is 10.2. The maximum absolute atomic E-state index is 12.1. The van der Waals surface area contributed by atoms with Gasteiger partial charge in [-0.25, -0.2) is 4.98 Å². The summed E-state index contributed by atoms with van der Waals surface area (Å²) < 4.78 is 1.89. The van der Waals surface area contributed by atoms with Crippen molar-refractivity contribution in [2.75, 3.05) is 13.1 Å². The normalized spacial score (nSPS) is 10.5. The van der Waals surface area contributed by atoms with E-state index >= 15 is 0 Å². The van der Waals surface area contributed by atoms with Gasteiger partial charge in [0, 0.05) is 38.1 Å². The summed E-state index contributed by atoms with van der Waals surface area (Å²) in [7, 11) is 1.90. The Morgan fingerprint density at radius 2 is 1.83 bits per heavy atom. The largest absolute Gasteiger partial charge is 0.350 e. The molecule has 0 fully saturated rings. The first-order chi connectivity index (χ1) is 11.6. The standard InChI is InChI=1S/C17H17N5O2/c1-22-11-21-14-9-12(4-5-15(14)22)16(23)19-7-8-20-17(24)13-3-2-6-18-10-13/h2-6,9-11H,7-8H2,1H3,(H,19,23)(H,20,24). The van der Waals surface area contributed by atoms with Crippen LogP contribution in [-0.4, -0.2) is 39.4 Å². The molecule has 2 N–H and O–H groups in total. The van der Waals surface area contributed by atoms with Crippen molar-refractivity contribution in [2.45, 2.75) is 0 Å². The number of imidazole rings is 1. The Hall–Kier alpha value is -3.22. The number of amides is 2. The van der Waals surface area contributed by atoms with Crippen LogP contribution in [0.3, 0.4) is 0 Å². The number of carbonyl (C=O) groups excluding carboxylic acids is 2. The lowest BCUT2D eigenvalue weighted by Crippen LogP contribution is -2.34. The topological polar surface area (TPSA) is 88.9 Å². The molecule has 3 rings (SSSR count). The van der Waals surface area contributed by atoms with Crippen LogP contribution < -0.4 is 10.6 Å². The van der Waals surface area contributed by atoms with Gasteiger partial charge in [0.15, 0.2) is 0 Å². The zero-order valence-corrected chi connectivity index (χ0v) is 13.2. The number of carbonyl (C=O) groups is 2. The van der Waals surface area contributed by atoms with Crippen LogP contribution in [0.25, 0.3) is 11.0 Å². The number of nitrogens with one attached hydrogen (secondary N) is 2. The molecule has 3 aromatic rings. The number of pyridine rings is 1. The van der Waals surface area contributed by atoms with Crippen molar-refractivity contribution in [2.24, 2.45) is 7.05 Å². The molecule has 7 heteroatoms. The number of fused-ring (bicyclic) bond motifs is 1. The van der Waals surface area contributed by atoms with Crippen molar-refractivity contribution in [1.82, 2.24) is 25.2 Å². The van der Waals surface area contributed by atoms with Crippen LogP contribution in [0, 0.1) is 0 Å². The molecule has 0 spiro atoms. The third kappa shape index (κ3) is 3.40. The monoisotopic (exact) mass is 323 g/mol. The predicted octanol–water partition coefficient (Wildman–Crippen LogP) is 1.13. The lowest BCUT2D eigenvalue weighted by molar-refractivity contribution is 0.0927. The van der Waals surface area contributed by atoms with Gasteiger partial charge in [-0.2, -0.15) is 0 Å². The Bertz CT molecular complexity index is 873. The van der Waals surface area contributed by atoms with Crippen LogP contribution in [0.2, 0.25) is 0 Å². The summed E-state index contributed by atoms with van der Waals surface area (Å²) in [5.41, 5.74) is 2.77. The van der Waals surface area contributed by atoms with Crippen LogP contribution in [0.1, 0.15) is 20.7 Å². The average molecular weight is 323 g/mol. The minimum absolute atomic E-state index is 0.196. The van der Waals surface area contributed by atoms with Crippen LogP contribution >= 0.6 is 0 Å². The van der Waals surface area contributed by atoms with E-state index in [1.165, 1.54) is 6.20 Å². The smallest absolute Gasteiger partial charge is 0.252 e. The minimum Gasteiger partial charge on any atom is -0.350 e. The molecule has 0 unspecified atom stereocenters. The van der Waals surface area contributed by atoms with E-state index in [1.54, 1.807) is 36.8 Å².